The van der Waals surface area contributed by atoms with Crippen LogP contribution >= 0.6 is 11.8 Å². The zero-order chi connectivity index (χ0) is 16.9. The van der Waals surface area contributed by atoms with Crippen LogP contribution in [0.4, 0.5) is 0 Å². The lowest BCUT2D eigenvalue weighted by molar-refractivity contribution is -0.129. The van der Waals surface area contributed by atoms with E-state index in [1.807, 2.05) is 18.8 Å². The van der Waals surface area contributed by atoms with Crippen molar-refractivity contribution in [2.45, 2.75) is 57.2 Å². The quantitative estimate of drug-likeness (QED) is 0.616. The first kappa shape index (κ1) is 18.4. The Morgan fingerprint density at radius 3 is 2.78 bits per heavy atom. The molecule has 2 rings (SSSR count). The second-order valence-corrected chi connectivity index (χ2v) is 8.85. The third kappa shape index (κ3) is 5.03. The molecule has 1 atom stereocenters. The van der Waals surface area contributed by atoms with Gasteiger partial charge in [0.15, 0.2) is 5.96 Å². The van der Waals surface area contributed by atoms with Crippen LogP contribution in [0.3, 0.4) is 0 Å². The number of thioether (sulfide) groups is 1. The standard InChI is InChI=1S/C17H32N4OS/c1-5-14(21-10-6-7-15(21)22)8-9-19-16(18-4)20-11-12-23-17(2,3)13-20/h14H,5-13H2,1-4H3,(H,18,19). The molecule has 1 N–H and O–H groups in total. The molecule has 0 aliphatic carbocycles. The van der Waals surface area contributed by atoms with Gasteiger partial charge in [0.25, 0.3) is 0 Å². The lowest BCUT2D eigenvalue weighted by atomic mass is 10.1. The number of nitrogens with zero attached hydrogens (tertiary/aromatic N) is 3. The van der Waals surface area contributed by atoms with Crippen LogP contribution in [0.25, 0.3) is 0 Å². The van der Waals surface area contributed by atoms with Gasteiger partial charge < -0.3 is 15.1 Å². The number of aliphatic imine (C=N–C) groups is 1. The van der Waals surface area contributed by atoms with E-state index in [4.69, 9.17) is 0 Å². The van der Waals surface area contributed by atoms with E-state index in [0.717, 1.165) is 63.6 Å². The molecule has 0 aromatic heterocycles. The maximum absolute atomic E-state index is 11.9. The summed E-state index contributed by atoms with van der Waals surface area (Å²) in [5.74, 6) is 2.48. The highest BCUT2D eigenvalue weighted by molar-refractivity contribution is 8.00. The Labute approximate surface area is 145 Å². The van der Waals surface area contributed by atoms with Gasteiger partial charge in [0, 0.05) is 56.2 Å². The molecular formula is C17H32N4OS. The SMILES string of the molecule is CCC(CCNC(=NC)N1CCSC(C)(C)C1)N1CCCC1=O. The minimum Gasteiger partial charge on any atom is -0.356 e. The van der Waals surface area contributed by atoms with Crippen LogP contribution in [0.1, 0.15) is 46.5 Å². The molecule has 0 bridgehead atoms. The first-order valence-corrected chi connectivity index (χ1v) is 9.84. The Hall–Kier alpha value is -0.910. The normalized spacial score (nSPS) is 23.3. The molecule has 5 nitrogen and oxygen atoms in total. The van der Waals surface area contributed by atoms with Gasteiger partial charge >= 0.3 is 0 Å². The van der Waals surface area contributed by atoms with Crippen LogP contribution in [0.15, 0.2) is 4.99 Å². The maximum atomic E-state index is 11.9. The van der Waals surface area contributed by atoms with E-state index in [0.29, 0.717) is 11.9 Å². The van der Waals surface area contributed by atoms with Crippen molar-refractivity contribution < 1.29 is 4.79 Å². The van der Waals surface area contributed by atoms with Crippen LogP contribution in [0.5, 0.6) is 0 Å². The predicted molar refractivity (Wildman–Crippen MR) is 99.1 cm³/mol. The Kier molecular flexibility index (Phi) is 6.62. The number of carbonyl (C=O) groups excluding carboxylic acids is 1. The van der Waals surface area contributed by atoms with Crippen LogP contribution < -0.4 is 5.32 Å². The lowest BCUT2D eigenvalue weighted by Gasteiger charge is -2.39. The molecule has 132 valence electrons. The zero-order valence-corrected chi connectivity index (χ0v) is 15.9. The van der Waals surface area contributed by atoms with Gasteiger partial charge in [-0.2, -0.15) is 11.8 Å². The third-order valence-electron chi connectivity index (χ3n) is 4.72. The molecule has 1 unspecified atom stereocenters. The molecule has 2 aliphatic heterocycles. The molecule has 1 amide bonds. The summed E-state index contributed by atoms with van der Waals surface area (Å²) in [5, 5.41) is 3.51. The van der Waals surface area contributed by atoms with Gasteiger partial charge in [-0.15, -0.1) is 0 Å². The summed E-state index contributed by atoms with van der Waals surface area (Å²) in [7, 11) is 1.86. The highest BCUT2D eigenvalue weighted by Crippen LogP contribution is 2.29. The lowest BCUT2D eigenvalue weighted by Crippen LogP contribution is -2.51. The number of guanidine groups is 1. The fourth-order valence-corrected chi connectivity index (χ4v) is 4.63. The molecule has 2 fully saturated rings. The predicted octanol–water partition coefficient (Wildman–Crippen LogP) is 2.18. The fourth-order valence-electron chi connectivity index (χ4n) is 3.52. The average Bonchev–Trinajstić information content (AvgIpc) is 2.92. The van der Waals surface area contributed by atoms with Crippen molar-refractivity contribution >= 4 is 23.6 Å². The number of hydrogen-bond donors (Lipinski definition) is 1. The molecule has 2 aliphatic rings. The molecule has 6 heteroatoms. The largest absolute Gasteiger partial charge is 0.356 e. The van der Waals surface area contributed by atoms with E-state index in [-0.39, 0.29) is 4.75 Å². The van der Waals surface area contributed by atoms with Gasteiger partial charge in [0.2, 0.25) is 5.91 Å². The van der Waals surface area contributed by atoms with Crippen molar-refractivity contribution in [1.82, 2.24) is 15.1 Å². The van der Waals surface area contributed by atoms with Crippen molar-refractivity contribution in [3.63, 3.8) is 0 Å². The van der Waals surface area contributed by atoms with E-state index in [2.05, 4.69) is 40.9 Å². The van der Waals surface area contributed by atoms with Crippen molar-refractivity contribution in [3.8, 4) is 0 Å². The number of hydrogen-bond acceptors (Lipinski definition) is 3. The van der Waals surface area contributed by atoms with Crippen LogP contribution in [0.2, 0.25) is 0 Å². The van der Waals surface area contributed by atoms with E-state index in [9.17, 15) is 4.79 Å². The Balaban J connectivity index is 1.82. The summed E-state index contributed by atoms with van der Waals surface area (Å²) in [6, 6.07) is 0.365. The maximum Gasteiger partial charge on any atom is 0.222 e. The minimum atomic E-state index is 0.282. The summed E-state index contributed by atoms with van der Waals surface area (Å²) in [5.41, 5.74) is 0. The van der Waals surface area contributed by atoms with Crippen molar-refractivity contribution in [2.75, 3.05) is 39.0 Å². The van der Waals surface area contributed by atoms with Gasteiger partial charge in [0.05, 0.1) is 0 Å². The summed E-state index contributed by atoms with van der Waals surface area (Å²) in [6.07, 6.45) is 3.77. The molecule has 0 aromatic carbocycles. The number of likely N-dealkylation sites (tertiary alicyclic amines) is 1. The summed E-state index contributed by atoms with van der Waals surface area (Å²) in [6.45, 7) is 10.7. The van der Waals surface area contributed by atoms with E-state index in [1.165, 1.54) is 0 Å². The van der Waals surface area contributed by atoms with Gasteiger partial charge in [-0.05, 0) is 33.1 Å². The minimum absolute atomic E-state index is 0.282. The van der Waals surface area contributed by atoms with Gasteiger partial charge in [-0.1, -0.05) is 6.92 Å². The van der Waals surface area contributed by atoms with E-state index >= 15 is 0 Å². The molecular weight excluding hydrogens is 308 g/mol. The van der Waals surface area contributed by atoms with Gasteiger partial charge in [-0.3, -0.25) is 9.79 Å². The van der Waals surface area contributed by atoms with Crippen molar-refractivity contribution in [2.24, 2.45) is 4.99 Å². The topological polar surface area (TPSA) is 47.9 Å². The Morgan fingerprint density at radius 2 is 2.22 bits per heavy atom. The van der Waals surface area contributed by atoms with Crippen LogP contribution in [-0.2, 0) is 4.79 Å². The Morgan fingerprint density at radius 1 is 1.43 bits per heavy atom. The van der Waals surface area contributed by atoms with Crippen molar-refractivity contribution in [1.29, 1.82) is 0 Å². The zero-order valence-electron chi connectivity index (χ0n) is 15.1. The van der Waals surface area contributed by atoms with Crippen molar-refractivity contribution in [3.05, 3.63) is 0 Å². The fraction of sp³-hybridized carbons (Fsp3) is 0.882. The molecule has 23 heavy (non-hydrogen) atoms. The number of carbonyl (C=O) groups is 1. The average molecular weight is 341 g/mol. The molecule has 2 saturated heterocycles. The number of amides is 1. The number of nitrogens with one attached hydrogen (secondary N) is 1. The summed E-state index contributed by atoms with van der Waals surface area (Å²) >= 11 is 2.03. The number of rotatable bonds is 5. The molecule has 0 spiro atoms. The Bertz CT molecular complexity index is 438. The highest BCUT2D eigenvalue weighted by atomic mass is 32.2. The van der Waals surface area contributed by atoms with Gasteiger partial charge in [0.1, 0.15) is 0 Å². The van der Waals surface area contributed by atoms with E-state index in [1.54, 1.807) is 0 Å². The molecule has 0 saturated carbocycles. The van der Waals surface area contributed by atoms with Crippen LogP contribution in [-0.4, -0.2) is 71.4 Å². The van der Waals surface area contributed by atoms with Gasteiger partial charge in [-0.25, -0.2) is 0 Å². The first-order chi connectivity index (χ1) is 11.0. The third-order valence-corrected chi connectivity index (χ3v) is 6.02. The highest BCUT2D eigenvalue weighted by Gasteiger charge is 2.29. The second-order valence-electron chi connectivity index (χ2n) is 7.05. The molecule has 0 aromatic rings. The molecule has 2 heterocycles. The smallest absolute Gasteiger partial charge is 0.222 e. The molecule has 0 radical (unpaired) electrons. The summed E-state index contributed by atoms with van der Waals surface area (Å²) in [4.78, 5) is 20.8. The summed E-state index contributed by atoms with van der Waals surface area (Å²) < 4.78 is 0.282. The monoisotopic (exact) mass is 340 g/mol. The van der Waals surface area contributed by atoms with E-state index < -0.39 is 0 Å². The first-order valence-electron chi connectivity index (χ1n) is 8.86. The second kappa shape index (κ2) is 8.27. The van der Waals surface area contributed by atoms with Crippen LogP contribution in [0, 0.1) is 0 Å².